The number of halogens is 1. The van der Waals surface area contributed by atoms with Crippen molar-refractivity contribution in [1.29, 1.82) is 0 Å². The van der Waals surface area contributed by atoms with Gasteiger partial charge in [0.05, 0.1) is 6.21 Å². The fourth-order valence-corrected chi connectivity index (χ4v) is 1.82. The summed E-state index contributed by atoms with van der Waals surface area (Å²) in [5.74, 6) is 0.682. The first-order valence-electron chi connectivity index (χ1n) is 6.23. The summed E-state index contributed by atoms with van der Waals surface area (Å²) in [7, 11) is 0. The summed E-state index contributed by atoms with van der Waals surface area (Å²) in [6, 6.07) is 15.0. The van der Waals surface area contributed by atoms with Crippen molar-refractivity contribution in [3.05, 3.63) is 64.7 Å². The van der Waals surface area contributed by atoms with Gasteiger partial charge in [0, 0.05) is 5.02 Å². The maximum Gasteiger partial charge on any atom is 0.211 e. The molecule has 0 spiro atoms. The summed E-state index contributed by atoms with van der Waals surface area (Å²) >= 11 is 5.92. The Bertz CT molecular complexity index is 649. The van der Waals surface area contributed by atoms with Crippen LogP contribution in [0.2, 0.25) is 5.02 Å². The van der Waals surface area contributed by atoms with Gasteiger partial charge in [0.15, 0.2) is 0 Å². The molecule has 0 atom stereocenters. The van der Waals surface area contributed by atoms with Crippen LogP contribution in [0.25, 0.3) is 0 Å². The number of guanidine groups is 1. The van der Waals surface area contributed by atoms with E-state index in [0.29, 0.717) is 11.6 Å². The highest BCUT2D eigenvalue weighted by Crippen LogP contribution is 2.15. The molecular weight excluding hydrogens is 288 g/mol. The third kappa shape index (κ3) is 5.16. The zero-order valence-electron chi connectivity index (χ0n) is 11.2. The number of benzene rings is 2. The Morgan fingerprint density at radius 2 is 1.90 bits per heavy atom. The molecule has 0 fully saturated rings. The molecular formula is C15H15ClN4O. The molecule has 5 nitrogen and oxygen atoms in total. The van der Waals surface area contributed by atoms with Crippen LogP contribution in [0.1, 0.15) is 11.1 Å². The van der Waals surface area contributed by atoms with E-state index in [1.807, 2.05) is 48.5 Å². The van der Waals surface area contributed by atoms with Crippen molar-refractivity contribution >= 4 is 23.8 Å². The third-order valence-electron chi connectivity index (χ3n) is 2.55. The first-order valence-corrected chi connectivity index (χ1v) is 6.60. The first kappa shape index (κ1) is 14.9. The number of nitrogens with zero attached hydrogens (tertiary/aromatic N) is 2. The second-order valence-corrected chi connectivity index (χ2v) is 4.69. The van der Waals surface area contributed by atoms with Crippen molar-refractivity contribution in [2.24, 2.45) is 21.7 Å². The van der Waals surface area contributed by atoms with Gasteiger partial charge in [-0.2, -0.15) is 5.10 Å². The Hall–Kier alpha value is -2.53. The predicted molar refractivity (Wildman–Crippen MR) is 85.6 cm³/mol. The number of ether oxygens (including phenoxy) is 1. The van der Waals surface area contributed by atoms with Crippen LogP contribution in [-0.4, -0.2) is 12.2 Å². The summed E-state index contributed by atoms with van der Waals surface area (Å²) in [6.45, 7) is 0.460. The molecule has 0 aliphatic heterocycles. The molecule has 21 heavy (non-hydrogen) atoms. The molecule has 2 aromatic carbocycles. The molecule has 0 aliphatic rings. The lowest BCUT2D eigenvalue weighted by atomic mass is 10.2. The minimum atomic E-state index is -0.0762. The van der Waals surface area contributed by atoms with Crippen LogP contribution in [0.5, 0.6) is 5.75 Å². The lowest BCUT2D eigenvalue weighted by molar-refractivity contribution is 0.306. The minimum absolute atomic E-state index is 0.0762. The Morgan fingerprint density at radius 3 is 2.57 bits per heavy atom. The molecule has 0 aliphatic carbocycles. The van der Waals surface area contributed by atoms with Crippen LogP contribution >= 0.6 is 11.6 Å². The van der Waals surface area contributed by atoms with E-state index >= 15 is 0 Å². The maximum absolute atomic E-state index is 5.92. The Morgan fingerprint density at radius 1 is 1.14 bits per heavy atom. The van der Waals surface area contributed by atoms with E-state index in [1.54, 1.807) is 6.21 Å². The Kier molecular flexibility index (Phi) is 5.17. The molecule has 2 aromatic rings. The van der Waals surface area contributed by atoms with Crippen LogP contribution in [-0.2, 0) is 6.61 Å². The smallest absolute Gasteiger partial charge is 0.211 e. The lowest BCUT2D eigenvalue weighted by Gasteiger charge is -2.06. The predicted octanol–water partition coefficient (Wildman–Crippen LogP) is 2.53. The van der Waals surface area contributed by atoms with Crippen LogP contribution in [0.15, 0.2) is 58.7 Å². The zero-order valence-corrected chi connectivity index (χ0v) is 12.0. The summed E-state index contributed by atoms with van der Waals surface area (Å²) in [6.07, 6.45) is 1.56. The normalized spacial score (nSPS) is 10.5. The van der Waals surface area contributed by atoms with Gasteiger partial charge in [0.2, 0.25) is 5.96 Å². The van der Waals surface area contributed by atoms with Gasteiger partial charge in [0.25, 0.3) is 0 Å². The molecule has 6 heteroatoms. The molecule has 0 radical (unpaired) electrons. The average Bonchev–Trinajstić information content (AvgIpc) is 2.46. The van der Waals surface area contributed by atoms with Gasteiger partial charge in [-0.1, -0.05) is 23.7 Å². The standard InChI is InChI=1S/C15H15ClN4O/c16-13-3-1-2-12(8-13)10-21-14-6-4-11(5-7-14)9-19-20-15(17)18/h1-9H,10H2,(H4,17,18,20)/b19-9+. The highest BCUT2D eigenvalue weighted by molar-refractivity contribution is 6.30. The van der Waals surface area contributed by atoms with Crippen molar-refractivity contribution < 1.29 is 4.74 Å². The number of rotatable bonds is 5. The number of hydrogen-bond donors (Lipinski definition) is 2. The molecule has 0 saturated heterocycles. The fourth-order valence-electron chi connectivity index (χ4n) is 1.61. The van der Waals surface area contributed by atoms with Gasteiger partial charge in [-0.3, -0.25) is 0 Å². The van der Waals surface area contributed by atoms with Gasteiger partial charge in [0.1, 0.15) is 12.4 Å². The molecule has 0 heterocycles. The van der Waals surface area contributed by atoms with E-state index < -0.39 is 0 Å². The summed E-state index contributed by atoms with van der Waals surface area (Å²) in [5, 5.41) is 7.95. The monoisotopic (exact) mass is 302 g/mol. The van der Waals surface area contributed by atoms with E-state index in [0.717, 1.165) is 16.9 Å². The molecule has 0 saturated carbocycles. The largest absolute Gasteiger partial charge is 0.489 e. The van der Waals surface area contributed by atoms with Crippen LogP contribution in [0, 0.1) is 0 Å². The van der Waals surface area contributed by atoms with E-state index in [4.69, 9.17) is 27.8 Å². The second-order valence-electron chi connectivity index (χ2n) is 4.26. The van der Waals surface area contributed by atoms with Gasteiger partial charge >= 0.3 is 0 Å². The van der Waals surface area contributed by atoms with E-state index in [2.05, 4.69) is 10.2 Å². The topological polar surface area (TPSA) is 86.0 Å². The highest BCUT2D eigenvalue weighted by Gasteiger charge is 1.97. The minimum Gasteiger partial charge on any atom is -0.489 e. The quantitative estimate of drug-likeness (QED) is 0.505. The molecule has 4 N–H and O–H groups in total. The van der Waals surface area contributed by atoms with E-state index in [9.17, 15) is 0 Å². The fraction of sp³-hybridized carbons (Fsp3) is 0.0667. The van der Waals surface area contributed by atoms with Gasteiger partial charge in [-0.25, -0.2) is 0 Å². The van der Waals surface area contributed by atoms with E-state index in [-0.39, 0.29) is 5.96 Å². The number of hydrogen-bond acceptors (Lipinski definition) is 3. The Labute approximate surface area is 127 Å². The molecule has 0 unspecified atom stereocenters. The second kappa shape index (κ2) is 7.31. The zero-order chi connectivity index (χ0) is 15.1. The van der Waals surface area contributed by atoms with Crippen LogP contribution < -0.4 is 16.2 Å². The lowest BCUT2D eigenvalue weighted by Crippen LogP contribution is -2.21. The first-order chi connectivity index (χ1) is 10.1. The molecule has 0 aromatic heterocycles. The van der Waals surface area contributed by atoms with Gasteiger partial charge in [-0.15, -0.1) is 5.10 Å². The molecule has 108 valence electrons. The van der Waals surface area contributed by atoms with Crippen molar-refractivity contribution in [1.82, 2.24) is 0 Å². The number of nitrogens with two attached hydrogens (primary N) is 2. The van der Waals surface area contributed by atoms with Crippen molar-refractivity contribution in [2.45, 2.75) is 6.61 Å². The summed E-state index contributed by atoms with van der Waals surface area (Å²) in [4.78, 5) is 0. The maximum atomic E-state index is 5.92. The molecule has 0 amide bonds. The van der Waals surface area contributed by atoms with E-state index in [1.165, 1.54) is 0 Å². The molecule has 0 bridgehead atoms. The average molecular weight is 303 g/mol. The van der Waals surface area contributed by atoms with Gasteiger partial charge in [-0.05, 0) is 47.5 Å². The van der Waals surface area contributed by atoms with Crippen LogP contribution in [0.4, 0.5) is 0 Å². The van der Waals surface area contributed by atoms with Crippen molar-refractivity contribution in [3.8, 4) is 5.75 Å². The third-order valence-corrected chi connectivity index (χ3v) is 2.79. The van der Waals surface area contributed by atoms with Crippen LogP contribution in [0.3, 0.4) is 0 Å². The summed E-state index contributed by atoms with van der Waals surface area (Å²) < 4.78 is 5.67. The van der Waals surface area contributed by atoms with Gasteiger partial charge < -0.3 is 16.2 Å². The SMILES string of the molecule is NC(N)=N/N=C/c1ccc(OCc2cccc(Cl)c2)cc1. The molecule has 2 rings (SSSR count). The van der Waals surface area contributed by atoms with Crippen molar-refractivity contribution in [2.75, 3.05) is 0 Å². The van der Waals surface area contributed by atoms with Crippen molar-refractivity contribution in [3.63, 3.8) is 0 Å². The Balaban J connectivity index is 1.93. The highest BCUT2D eigenvalue weighted by atomic mass is 35.5. The summed E-state index contributed by atoms with van der Waals surface area (Å²) in [5.41, 5.74) is 12.2.